The van der Waals surface area contributed by atoms with Crippen LogP contribution in [0.1, 0.15) is 20.8 Å². The van der Waals surface area contributed by atoms with Crippen LogP contribution in [0.2, 0.25) is 0 Å². The van der Waals surface area contributed by atoms with Crippen LogP contribution in [0, 0.1) is 0 Å². The zero-order chi connectivity index (χ0) is 12.0. The van der Waals surface area contributed by atoms with Gasteiger partial charge in [0.15, 0.2) is 0 Å². The molecule has 3 unspecified atom stereocenters. The maximum absolute atomic E-state index is 5.77. The topological polar surface area (TPSA) is 33.7 Å². The number of hydrogen-bond donors (Lipinski definition) is 1. The SMILES string of the molecule is CCOCC(C)NC(C)C1CN(C)CCO1. The molecule has 3 atom stereocenters. The van der Waals surface area contributed by atoms with Crippen molar-refractivity contribution in [2.75, 3.05) is 40.0 Å². The van der Waals surface area contributed by atoms with Gasteiger partial charge < -0.3 is 19.7 Å². The summed E-state index contributed by atoms with van der Waals surface area (Å²) in [5.41, 5.74) is 0. The number of likely N-dealkylation sites (N-methyl/N-ethyl adjacent to an activating group) is 1. The Morgan fingerprint density at radius 1 is 1.50 bits per heavy atom. The minimum absolute atomic E-state index is 0.294. The van der Waals surface area contributed by atoms with Gasteiger partial charge in [0.2, 0.25) is 0 Å². The van der Waals surface area contributed by atoms with Crippen LogP contribution in [0.4, 0.5) is 0 Å². The maximum Gasteiger partial charge on any atom is 0.0852 e. The van der Waals surface area contributed by atoms with Gasteiger partial charge in [0.05, 0.1) is 19.3 Å². The Morgan fingerprint density at radius 3 is 2.88 bits per heavy atom. The first-order valence-electron chi connectivity index (χ1n) is 6.27. The molecule has 0 saturated carbocycles. The highest BCUT2D eigenvalue weighted by molar-refractivity contribution is 4.80. The van der Waals surface area contributed by atoms with E-state index in [1.54, 1.807) is 0 Å². The molecular formula is C12H26N2O2. The zero-order valence-electron chi connectivity index (χ0n) is 11.0. The van der Waals surface area contributed by atoms with Crippen molar-refractivity contribution in [2.45, 2.75) is 39.0 Å². The Hall–Kier alpha value is -0.160. The van der Waals surface area contributed by atoms with Gasteiger partial charge in [0.25, 0.3) is 0 Å². The number of ether oxygens (including phenoxy) is 2. The lowest BCUT2D eigenvalue weighted by Crippen LogP contribution is -2.52. The molecule has 0 bridgehead atoms. The van der Waals surface area contributed by atoms with Crippen molar-refractivity contribution in [1.82, 2.24) is 10.2 Å². The first kappa shape index (κ1) is 13.9. The quantitative estimate of drug-likeness (QED) is 0.729. The fourth-order valence-corrected chi connectivity index (χ4v) is 2.01. The highest BCUT2D eigenvalue weighted by Crippen LogP contribution is 2.07. The number of nitrogens with one attached hydrogen (secondary N) is 1. The van der Waals surface area contributed by atoms with Crippen LogP contribution in [-0.2, 0) is 9.47 Å². The lowest BCUT2D eigenvalue weighted by molar-refractivity contribution is -0.0384. The molecule has 0 radical (unpaired) electrons. The molecule has 1 rings (SSSR count). The summed E-state index contributed by atoms with van der Waals surface area (Å²) in [6.45, 7) is 10.8. The number of nitrogens with zero attached hydrogens (tertiary/aromatic N) is 1. The van der Waals surface area contributed by atoms with E-state index in [1.807, 2.05) is 6.92 Å². The third-order valence-electron chi connectivity index (χ3n) is 2.97. The summed E-state index contributed by atoms with van der Waals surface area (Å²) in [5, 5.41) is 3.53. The first-order valence-corrected chi connectivity index (χ1v) is 6.27. The molecule has 96 valence electrons. The third kappa shape index (κ3) is 4.78. The molecule has 1 heterocycles. The summed E-state index contributed by atoms with van der Waals surface area (Å²) in [7, 11) is 2.14. The van der Waals surface area contributed by atoms with Gasteiger partial charge in [0, 0.05) is 31.8 Å². The van der Waals surface area contributed by atoms with Crippen molar-refractivity contribution in [1.29, 1.82) is 0 Å². The summed E-state index contributed by atoms with van der Waals surface area (Å²) in [5.74, 6) is 0. The second kappa shape index (κ2) is 7.22. The average molecular weight is 230 g/mol. The lowest BCUT2D eigenvalue weighted by atomic mass is 10.1. The number of hydrogen-bond acceptors (Lipinski definition) is 4. The molecule has 1 fully saturated rings. The minimum Gasteiger partial charge on any atom is -0.380 e. The molecule has 4 heteroatoms. The Balaban J connectivity index is 2.24. The standard InChI is InChI=1S/C12H26N2O2/c1-5-15-9-10(2)13-11(3)12-8-14(4)6-7-16-12/h10-13H,5-9H2,1-4H3. The predicted octanol–water partition coefficient (Wildman–Crippen LogP) is 0.720. The van der Waals surface area contributed by atoms with E-state index in [0.29, 0.717) is 18.2 Å². The van der Waals surface area contributed by atoms with E-state index in [0.717, 1.165) is 32.9 Å². The highest BCUT2D eigenvalue weighted by atomic mass is 16.5. The van der Waals surface area contributed by atoms with E-state index in [1.165, 1.54) is 0 Å². The van der Waals surface area contributed by atoms with Crippen LogP contribution in [-0.4, -0.2) is 63.0 Å². The average Bonchev–Trinajstić information content (AvgIpc) is 2.26. The Kier molecular flexibility index (Phi) is 6.28. The second-order valence-corrected chi connectivity index (χ2v) is 4.69. The molecule has 0 spiro atoms. The Labute approximate surface area is 99.3 Å². The van der Waals surface area contributed by atoms with Crippen LogP contribution in [0.25, 0.3) is 0 Å². The first-order chi connectivity index (χ1) is 7.63. The van der Waals surface area contributed by atoms with E-state index < -0.39 is 0 Å². The smallest absolute Gasteiger partial charge is 0.0852 e. The van der Waals surface area contributed by atoms with Crippen LogP contribution >= 0.6 is 0 Å². The summed E-state index contributed by atoms with van der Waals surface area (Å²) in [4.78, 5) is 2.32. The van der Waals surface area contributed by atoms with Gasteiger partial charge in [0.1, 0.15) is 0 Å². The Bertz CT molecular complexity index is 190. The van der Waals surface area contributed by atoms with Crippen molar-refractivity contribution < 1.29 is 9.47 Å². The van der Waals surface area contributed by atoms with E-state index >= 15 is 0 Å². The van der Waals surface area contributed by atoms with Crippen LogP contribution in [0.5, 0.6) is 0 Å². The molecule has 1 saturated heterocycles. The predicted molar refractivity (Wildman–Crippen MR) is 65.8 cm³/mol. The highest BCUT2D eigenvalue weighted by Gasteiger charge is 2.24. The monoisotopic (exact) mass is 230 g/mol. The summed E-state index contributed by atoms with van der Waals surface area (Å²) >= 11 is 0. The van der Waals surface area contributed by atoms with E-state index in [2.05, 4.69) is 31.1 Å². The van der Waals surface area contributed by atoms with E-state index in [-0.39, 0.29) is 0 Å². The van der Waals surface area contributed by atoms with E-state index in [9.17, 15) is 0 Å². The maximum atomic E-state index is 5.77. The molecular weight excluding hydrogens is 204 g/mol. The molecule has 16 heavy (non-hydrogen) atoms. The van der Waals surface area contributed by atoms with Crippen molar-refractivity contribution in [3.05, 3.63) is 0 Å². The molecule has 1 N–H and O–H groups in total. The van der Waals surface area contributed by atoms with Crippen LogP contribution < -0.4 is 5.32 Å². The third-order valence-corrected chi connectivity index (χ3v) is 2.97. The second-order valence-electron chi connectivity index (χ2n) is 4.69. The molecule has 1 aliphatic rings. The van der Waals surface area contributed by atoms with Gasteiger partial charge >= 0.3 is 0 Å². The normalized spacial score (nSPS) is 26.6. The van der Waals surface area contributed by atoms with Gasteiger partial charge in [-0.25, -0.2) is 0 Å². The largest absolute Gasteiger partial charge is 0.380 e. The lowest BCUT2D eigenvalue weighted by Gasteiger charge is -2.35. The molecule has 0 aromatic carbocycles. The van der Waals surface area contributed by atoms with Gasteiger partial charge in [-0.3, -0.25) is 0 Å². The number of morpholine rings is 1. The molecule has 4 nitrogen and oxygen atoms in total. The minimum atomic E-state index is 0.294. The van der Waals surface area contributed by atoms with Gasteiger partial charge in [-0.1, -0.05) is 0 Å². The van der Waals surface area contributed by atoms with Crippen molar-refractivity contribution >= 4 is 0 Å². The van der Waals surface area contributed by atoms with Crippen LogP contribution in [0.15, 0.2) is 0 Å². The van der Waals surface area contributed by atoms with Crippen LogP contribution in [0.3, 0.4) is 0 Å². The zero-order valence-corrected chi connectivity index (χ0v) is 11.0. The Morgan fingerprint density at radius 2 is 2.25 bits per heavy atom. The van der Waals surface area contributed by atoms with E-state index in [4.69, 9.17) is 9.47 Å². The summed E-state index contributed by atoms with van der Waals surface area (Å²) in [6, 6.07) is 0.754. The molecule has 0 aliphatic carbocycles. The fourth-order valence-electron chi connectivity index (χ4n) is 2.01. The summed E-state index contributed by atoms with van der Waals surface area (Å²) in [6.07, 6.45) is 0.294. The van der Waals surface area contributed by atoms with Gasteiger partial charge in [-0.2, -0.15) is 0 Å². The number of rotatable bonds is 6. The van der Waals surface area contributed by atoms with Gasteiger partial charge in [-0.05, 0) is 27.8 Å². The van der Waals surface area contributed by atoms with Crippen molar-refractivity contribution in [3.8, 4) is 0 Å². The molecule has 0 aromatic heterocycles. The molecule has 1 aliphatic heterocycles. The molecule has 0 aromatic rings. The van der Waals surface area contributed by atoms with Gasteiger partial charge in [-0.15, -0.1) is 0 Å². The fraction of sp³-hybridized carbons (Fsp3) is 1.00. The summed E-state index contributed by atoms with van der Waals surface area (Å²) < 4.78 is 11.2. The van der Waals surface area contributed by atoms with Crippen molar-refractivity contribution in [3.63, 3.8) is 0 Å². The van der Waals surface area contributed by atoms with Crippen molar-refractivity contribution in [2.24, 2.45) is 0 Å². The molecule has 0 amide bonds.